The number of aliphatic hydroxyl groups is 1. The molecule has 4 nitrogen and oxygen atoms in total. The zero-order valence-corrected chi connectivity index (χ0v) is 17.5. The molecule has 0 bridgehead atoms. The van der Waals surface area contributed by atoms with Crippen LogP contribution in [-0.4, -0.2) is 29.6 Å². The summed E-state index contributed by atoms with van der Waals surface area (Å²) in [6, 6.07) is 0. The van der Waals surface area contributed by atoms with Crippen LogP contribution < -0.4 is 0 Å². The van der Waals surface area contributed by atoms with E-state index in [2.05, 4.69) is 36.0 Å². The summed E-state index contributed by atoms with van der Waals surface area (Å²) in [4.78, 5) is 22.4. The van der Waals surface area contributed by atoms with E-state index in [0.717, 1.165) is 32.1 Å². The lowest BCUT2D eigenvalue weighted by atomic mass is 10.0. The maximum absolute atomic E-state index is 11.7. The van der Waals surface area contributed by atoms with Gasteiger partial charge in [0.1, 0.15) is 12.4 Å². The van der Waals surface area contributed by atoms with Gasteiger partial charge in [-0.2, -0.15) is 0 Å². The van der Waals surface area contributed by atoms with Gasteiger partial charge in [-0.05, 0) is 38.5 Å². The highest BCUT2D eigenvalue weighted by atomic mass is 16.5. The van der Waals surface area contributed by atoms with Gasteiger partial charge < -0.3 is 9.84 Å². The topological polar surface area (TPSA) is 63.6 Å². The molecule has 0 aromatic carbocycles. The molecule has 0 radical (unpaired) electrons. The van der Waals surface area contributed by atoms with Crippen LogP contribution in [0.25, 0.3) is 0 Å². The number of aliphatic hydroxyl groups excluding tert-OH is 1. The highest BCUT2D eigenvalue weighted by molar-refractivity contribution is 5.78. The molecular weight excluding hydrogens is 340 g/mol. The number of ketones is 1. The van der Waals surface area contributed by atoms with Crippen LogP contribution in [0.4, 0.5) is 0 Å². The summed E-state index contributed by atoms with van der Waals surface area (Å²) in [6.45, 7) is 3.42. The number of esters is 1. The fraction of sp³-hybridized carbons (Fsp3) is 0.739. The van der Waals surface area contributed by atoms with Gasteiger partial charge >= 0.3 is 5.97 Å². The number of carbonyl (C=O) groups excluding carboxylic acids is 2. The Kier molecular flexibility index (Phi) is 18.3. The van der Waals surface area contributed by atoms with Crippen molar-refractivity contribution in [2.45, 2.75) is 103 Å². The maximum Gasteiger partial charge on any atom is 0.302 e. The second-order valence-corrected chi connectivity index (χ2v) is 7.18. The zero-order chi connectivity index (χ0) is 20.2. The van der Waals surface area contributed by atoms with Crippen molar-refractivity contribution >= 4 is 11.8 Å². The summed E-state index contributed by atoms with van der Waals surface area (Å²) in [7, 11) is 0. The number of allylic oxidation sites excluding steroid dienone is 4. The molecule has 0 aromatic heterocycles. The first-order valence-electron chi connectivity index (χ1n) is 10.7. The van der Waals surface area contributed by atoms with Crippen molar-refractivity contribution in [3.05, 3.63) is 24.3 Å². The molecule has 4 heteroatoms. The van der Waals surface area contributed by atoms with Crippen LogP contribution in [0.1, 0.15) is 97.3 Å². The van der Waals surface area contributed by atoms with Crippen molar-refractivity contribution < 1.29 is 19.4 Å². The molecule has 0 aliphatic carbocycles. The van der Waals surface area contributed by atoms with Crippen molar-refractivity contribution in [3.63, 3.8) is 0 Å². The van der Waals surface area contributed by atoms with E-state index in [1.165, 1.54) is 45.4 Å². The summed E-state index contributed by atoms with van der Waals surface area (Å²) in [5.74, 6) is -0.393. The fourth-order valence-electron chi connectivity index (χ4n) is 2.77. The SMILES string of the molecule is CCCCC/C=C/C/C=C/CCCCCCCC(=O)CC(O)COC(C)=O. The lowest BCUT2D eigenvalue weighted by Gasteiger charge is -2.09. The van der Waals surface area contributed by atoms with Crippen LogP contribution in [0.5, 0.6) is 0 Å². The molecule has 0 aromatic rings. The lowest BCUT2D eigenvalue weighted by Crippen LogP contribution is -2.20. The van der Waals surface area contributed by atoms with E-state index in [1.807, 2.05) is 0 Å². The maximum atomic E-state index is 11.7. The molecule has 0 fully saturated rings. The van der Waals surface area contributed by atoms with Gasteiger partial charge in [0.05, 0.1) is 6.10 Å². The quantitative estimate of drug-likeness (QED) is 0.189. The number of Topliss-reactive ketones (excluding diaryl/α,β-unsaturated/α-hetero) is 1. The molecule has 0 saturated heterocycles. The van der Waals surface area contributed by atoms with E-state index in [9.17, 15) is 14.7 Å². The summed E-state index contributed by atoms with van der Waals surface area (Å²) in [5, 5.41) is 9.59. The first kappa shape index (κ1) is 25.6. The van der Waals surface area contributed by atoms with Crippen molar-refractivity contribution in [3.8, 4) is 0 Å². The van der Waals surface area contributed by atoms with E-state index in [0.29, 0.717) is 6.42 Å². The molecule has 0 amide bonds. The van der Waals surface area contributed by atoms with Gasteiger partial charge in [0.15, 0.2) is 0 Å². The van der Waals surface area contributed by atoms with Gasteiger partial charge in [-0.15, -0.1) is 0 Å². The Morgan fingerprint density at radius 1 is 0.889 bits per heavy atom. The van der Waals surface area contributed by atoms with Crippen LogP contribution in [-0.2, 0) is 14.3 Å². The first-order valence-corrected chi connectivity index (χ1v) is 10.7. The van der Waals surface area contributed by atoms with E-state index in [1.54, 1.807) is 0 Å². The highest BCUT2D eigenvalue weighted by Crippen LogP contribution is 2.10. The van der Waals surface area contributed by atoms with E-state index in [-0.39, 0.29) is 18.8 Å². The summed E-state index contributed by atoms with van der Waals surface area (Å²) >= 11 is 0. The normalized spacial score (nSPS) is 12.7. The van der Waals surface area contributed by atoms with Gasteiger partial charge in [-0.3, -0.25) is 9.59 Å². The minimum atomic E-state index is -0.876. The molecule has 1 unspecified atom stereocenters. The Balaban J connectivity index is 3.40. The van der Waals surface area contributed by atoms with Crippen molar-refractivity contribution in [1.82, 2.24) is 0 Å². The van der Waals surface area contributed by atoms with Gasteiger partial charge in [0, 0.05) is 19.8 Å². The Bertz CT molecular complexity index is 426. The molecule has 0 saturated carbocycles. The van der Waals surface area contributed by atoms with Crippen LogP contribution in [0.3, 0.4) is 0 Å². The predicted octanol–water partition coefficient (Wildman–Crippen LogP) is 5.68. The lowest BCUT2D eigenvalue weighted by molar-refractivity contribution is -0.145. The van der Waals surface area contributed by atoms with Crippen LogP contribution in [0.15, 0.2) is 24.3 Å². The molecule has 0 aliphatic rings. The number of unbranched alkanes of at least 4 members (excludes halogenated alkanes) is 8. The Hall–Kier alpha value is -1.42. The summed E-state index contributed by atoms with van der Waals surface area (Å²) < 4.78 is 4.69. The zero-order valence-electron chi connectivity index (χ0n) is 17.5. The molecule has 0 heterocycles. The number of carbonyl (C=O) groups is 2. The predicted molar refractivity (Wildman–Crippen MR) is 112 cm³/mol. The second kappa shape index (κ2) is 19.3. The van der Waals surface area contributed by atoms with Crippen LogP contribution in [0.2, 0.25) is 0 Å². The Morgan fingerprint density at radius 3 is 2.11 bits per heavy atom. The Labute approximate surface area is 166 Å². The summed E-state index contributed by atoms with van der Waals surface area (Å²) in [5.41, 5.74) is 0. The monoisotopic (exact) mass is 380 g/mol. The number of hydrogen-bond donors (Lipinski definition) is 1. The standard InChI is InChI=1S/C23H40O4/c1-3-4-5-6-7-8-9-10-11-12-13-14-15-16-17-18-22(25)19-23(26)20-27-21(2)24/h7-8,10-11,23,26H,3-6,9,12-20H2,1-2H3/b8-7+,11-10+. The number of hydrogen-bond acceptors (Lipinski definition) is 4. The molecule has 0 rings (SSSR count). The van der Waals surface area contributed by atoms with Crippen molar-refractivity contribution in [1.29, 1.82) is 0 Å². The molecule has 156 valence electrons. The van der Waals surface area contributed by atoms with Gasteiger partial charge in [-0.1, -0.05) is 63.3 Å². The smallest absolute Gasteiger partial charge is 0.302 e. The van der Waals surface area contributed by atoms with E-state index < -0.39 is 12.1 Å². The third-order valence-corrected chi connectivity index (χ3v) is 4.35. The third-order valence-electron chi connectivity index (χ3n) is 4.35. The van der Waals surface area contributed by atoms with Gasteiger partial charge in [0.2, 0.25) is 0 Å². The Morgan fingerprint density at radius 2 is 1.48 bits per heavy atom. The molecule has 1 N–H and O–H groups in total. The van der Waals surface area contributed by atoms with Crippen molar-refractivity contribution in [2.24, 2.45) is 0 Å². The highest BCUT2D eigenvalue weighted by Gasteiger charge is 2.11. The van der Waals surface area contributed by atoms with Crippen molar-refractivity contribution in [2.75, 3.05) is 6.61 Å². The van der Waals surface area contributed by atoms with Crippen LogP contribution in [0, 0.1) is 0 Å². The fourth-order valence-corrected chi connectivity index (χ4v) is 2.77. The largest absolute Gasteiger partial charge is 0.463 e. The van der Waals surface area contributed by atoms with Crippen LogP contribution >= 0.6 is 0 Å². The number of ether oxygens (including phenoxy) is 1. The van der Waals surface area contributed by atoms with Gasteiger partial charge in [-0.25, -0.2) is 0 Å². The second-order valence-electron chi connectivity index (χ2n) is 7.18. The minimum Gasteiger partial charge on any atom is -0.463 e. The van der Waals surface area contributed by atoms with Gasteiger partial charge in [0.25, 0.3) is 0 Å². The first-order chi connectivity index (χ1) is 13.1. The van der Waals surface area contributed by atoms with E-state index in [4.69, 9.17) is 0 Å². The average Bonchev–Trinajstić information content (AvgIpc) is 2.63. The molecule has 1 atom stereocenters. The number of rotatable bonds is 18. The molecular formula is C23H40O4. The minimum absolute atomic E-state index is 0.0420. The molecule has 0 spiro atoms. The third kappa shape index (κ3) is 20.7. The molecule has 27 heavy (non-hydrogen) atoms. The summed E-state index contributed by atoms with van der Waals surface area (Å²) in [6.07, 6.45) is 21.5. The van der Waals surface area contributed by atoms with E-state index >= 15 is 0 Å². The average molecular weight is 381 g/mol. The molecule has 0 aliphatic heterocycles.